The zero-order valence-corrected chi connectivity index (χ0v) is 15.2. The van der Waals surface area contributed by atoms with Crippen LogP contribution in [0.5, 0.6) is 0 Å². The maximum Gasteiger partial charge on any atom is 0.425 e. The Labute approximate surface area is 168 Å². The molecule has 0 saturated heterocycles. The number of hydrogen-bond acceptors (Lipinski definition) is 3. The smallest absolute Gasteiger partial charge is 0.372 e. The summed E-state index contributed by atoms with van der Waals surface area (Å²) in [5.74, 6) is -0.421. The van der Waals surface area contributed by atoms with Crippen LogP contribution in [0.4, 0.5) is 17.6 Å². The van der Waals surface area contributed by atoms with Crippen LogP contribution < -0.4 is 0 Å². The molecule has 1 N–H and O–H groups in total. The van der Waals surface area contributed by atoms with Gasteiger partial charge >= 0.3 is 6.18 Å². The zero-order valence-electron chi connectivity index (χ0n) is 15.2. The molecule has 150 valence electrons. The van der Waals surface area contributed by atoms with Crippen molar-refractivity contribution in [2.45, 2.75) is 11.8 Å². The van der Waals surface area contributed by atoms with Crippen LogP contribution >= 0.6 is 0 Å². The Balaban J connectivity index is 1.85. The first-order valence-electron chi connectivity index (χ1n) is 8.78. The van der Waals surface area contributed by atoms with Crippen LogP contribution in [0, 0.1) is 17.1 Å². The van der Waals surface area contributed by atoms with Gasteiger partial charge in [0.25, 0.3) is 0 Å². The van der Waals surface area contributed by atoms with Gasteiger partial charge < -0.3 is 5.11 Å². The van der Waals surface area contributed by atoms with E-state index in [4.69, 9.17) is 5.26 Å². The molecule has 1 atom stereocenters. The lowest BCUT2D eigenvalue weighted by molar-refractivity contribution is -0.248. The lowest BCUT2D eigenvalue weighted by Crippen LogP contribution is -2.43. The molecule has 4 aromatic rings. The second kappa shape index (κ2) is 6.97. The summed E-state index contributed by atoms with van der Waals surface area (Å²) in [5, 5.41) is 24.2. The van der Waals surface area contributed by atoms with Crippen LogP contribution in [-0.4, -0.2) is 21.1 Å². The van der Waals surface area contributed by atoms with E-state index in [2.05, 4.69) is 5.10 Å². The van der Waals surface area contributed by atoms with Crippen molar-refractivity contribution in [1.29, 1.82) is 5.26 Å². The Kier molecular flexibility index (Phi) is 4.56. The van der Waals surface area contributed by atoms with Gasteiger partial charge in [-0.1, -0.05) is 18.2 Å². The SMILES string of the molecule is N#Cc1ccc(C(O)(c2ccc3c(cnn3-c3ccc(F)cc3)c2)C(F)(F)F)cc1. The maximum atomic E-state index is 14.0. The molecule has 0 aliphatic carbocycles. The van der Waals surface area contributed by atoms with Crippen molar-refractivity contribution in [3.63, 3.8) is 0 Å². The number of rotatable bonds is 3. The molecule has 0 radical (unpaired) electrons. The number of aromatic nitrogens is 2. The Bertz CT molecular complexity index is 1260. The second-order valence-corrected chi connectivity index (χ2v) is 6.70. The average Bonchev–Trinajstić information content (AvgIpc) is 3.16. The fourth-order valence-electron chi connectivity index (χ4n) is 3.33. The largest absolute Gasteiger partial charge is 0.425 e. The third-order valence-electron chi connectivity index (χ3n) is 4.90. The van der Waals surface area contributed by atoms with Gasteiger partial charge in [0.2, 0.25) is 5.60 Å². The molecule has 1 aromatic heterocycles. The molecule has 8 heteroatoms. The molecule has 0 saturated carbocycles. The first-order valence-corrected chi connectivity index (χ1v) is 8.78. The molecule has 0 amide bonds. The molecule has 4 rings (SSSR count). The molecule has 0 bridgehead atoms. The zero-order chi connectivity index (χ0) is 21.5. The van der Waals surface area contributed by atoms with Gasteiger partial charge in [-0.2, -0.15) is 23.5 Å². The highest BCUT2D eigenvalue weighted by atomic mass is 19.4. The minimum atomic E-state index is -5.01. The molecule has 30 heavy (non-hydrogen) atoms. The Morgan fingerprint density at radius 3 is 2.13 bits per heavy atom. The lowest BCUT2D eigenvalue weighted by atomic mass is 9.85. The third kappa shape index (κ3) is 3.09. The summed E-state index contributed by atoms with van der Waals surface area (Å²) >= 11 is 0. The van der Waals surface area contributed by atoms with E-state index in [1.807, 2.05) is 6.07 Å². The van der Waals surface area contributed by atoms with Crippen LogP contribution in [-0.2, 0) is 5.60 Å². The summed E-state index contributed by atoms with van der Waals surface area (Å²) in [5.41, 5.74) is -2.84. The number of nitriles is 1. The van der Waals surface area contributed by atoms with Crippen molar-refractivity contribution in [1.82, 2.24) is 9.78 Å². The topological polar surface area (TPSA) is 61.8 Å². The van der Waals surface area contributed by atoms with Gasteiger partial charge in [-0.15, -0.1) is 0 Å². The van der Waals surface area contributed by atoms with Crippen molar-refractivity contribution in [2.75, 3.05) is 0 Å². The van der Waals surface area contributed by atoms with Gasteiger partial charge in [0, 0.05) is 5.39 Å². The number of alkyl halides is 3. The molecule has 0 fully saturated rings. The Hall–Kier alpha value is -3.70. The first-order chi connectivity index (χ1) is 14.2. The maximum absolute atomic E-state index is 14.0. The van der Waals surface area contributed by atoms with E-state index in [1.165, 1.54) is 65.5 Å². The summed E-state index contributed by atoms with van der Waals surface area (Å²) in [7, 11) is 0. The highest BCUT2D eigenvalue weighted by Crippen LogP contribution is 2.45. The van der Waals surface area contributed by atoms with Gasteiger partial charge in [0.1, 0.15) is 5.82 Å². The van der Waals surface area contributed by atoms with E-state index in [9.17, 15) is 22.7 Å². The molecule has 0 spiro atoms. The van der Waals surface area contributed by atoms with Crippen molar-refractivity contribution in [2.24, 2.45) is 0 Å². The monoisotopic (exact) mass is 411 g/mol. The van der Waals surface area contributed by atoms with Gasteiger partial charge in [0.05, 0.1) is 29.0 Å². The second-order valence-electron chi connectivity index (χ2n) is 6.70. The van der Waals surface area contributed by atoms with Crippen LogP contribution in [0.15, 0.2) is 72.9 Å². The van der Waals surface area contributed by atoms with Crippen LogP contribution in [0.2, 0.25) is 0 Å². The van der Waals surface area contributed by atoms with Gasteiger partial charge in [-0.05, 0) is 59.7 Å². The summed E-state index contributed by atoms with van der Waals surface area (Å²) < 4.78 is 56.6. The molecule has 1 unspecified atom stereocenters. The lowest BCUT2D eigenvalue weighted by Gasteiger charge is -2.31. The number of halogens is 4. The normalized spacial score (nSPS) is 13.7. The van der Waals surface area contributed by atoms with Crippen LogP contribution in [0.25, 0.3) is 16.6 Å². The van der Waals surface area contributed by atoms with E-state index in [0.717, 1.165) is 12.1 Å². The number of benzene rings is 3. The average molecular weight is 411 g/mol. The minimum Gasteiger partial charge on any atom is -0.372 e. The summed E-state index contributed by atoms with van der Waals surface area (Å²) in [6.45, 7) is 0. The Morgan fingerprint density at radius 2 is 1.53 bits per heavy atom. The predicted octanol–water partition coefficient (Wildman–Crippen LogP) is 4.83. The quantitative estimate of drug-likeness (QED) is 0.491. The van der Waals surface area contributed by atoms with Crippen LogP contribution in [0.1, 0.15) is 16.7 Å². The summed E-state index contributed by atoms with van der Waals surface area (Å²) in [6, 6.07) is 15.8. The minimum absolute atomic E-state index is 0.180. The number of fused-ring (bicyclic) bond motifs is 1. The van der Waals surface area contributed by atoms with E-state index in [-0.39, 0.29) is 11.1 Å². The first kappa shape index (κ1) is 19.6. The summed E-state index contributed by atoms with van der Waals surface area (Å²) in [6.07, 6.45) is -3.64. The van der Waals surface area contributed by atoms with Gasteiger partial charge in [-0.25, -0.2) is 9.07 Å². The molecule has 4 nitrogen and oxygen atoms in total. The van der Waals surface area contributed by atoms with E-state index in [0.29, 0.717) is 16.6 Å². The van der Waals surface area contributed by atoms with E-state index < -0.39 is 23.2 Å². The highest BCUT2D eigenvalue weighted by molar-refractivity contribution is 5.81. The molecular formula is C22H13F4N3O. The van der Waals surface area contributed by atoms with E-state index >= 15 is 0 Å². The highest BCUT2D eigenvalue weighted by Gasteiger charge is 2.56. The van der Waals surface area contributed by atoms with Crippen molar-refractivity contribution in [3.8, 4) is 11.8 Å². The van der Waals surface area contributed by atoms with Crippen LogP contribution in [0.3, 0.4) is 0 Å². The molecule has 3 aromatic carbocycles. The van der Waals surface area contributed by atoms with Crippen molar-refractivity contribution >= 4 is 10.9 Å². The standard InChI is InChI=1S/C22H13F4N3O/c23-18-6-8-19(9-7-18)29-20-10-5-17(11-15(20)13-28-29)21(30,22(24,25)26)16-3-1-14(12-27)2-4-16/h1-11,13,30H. The molecule has 1 heterocycles. The number of nitrogens with zero attached hydrogens (tertiary/aromatic N) is 3. The van der Waals surface area contributed by atoms with Crippen molar-refractivity contribution < 1.29 is 22.7 Å². The van der Waals surface area contributed by atoms with Crippen molar-refractivity contribution in [3.05, 3.63) is 95.4 Å². The van der Waals surface area contributed by atoms with Gasteiger partial charge in [-0.3, -0.25) is 0 Å². The Morgan fingerprint density at radius 1 is 0.900 bits per heavy atom. The molecule has 0 aliphatic heterocycles. The number of hydrogen-bond donors (Lipinski definition) is 1. The number of aliphatic hydroxyl groups is 1. The summed E-state index contributed by atoms with van der Waals surface area (Å²) in [4.78, 5) is 0. The fourth-order valence-corrected chi connectivity index (χ4v) is 3.33. The van der Waals surface area contributed by atoms with Gasteiger partial charge in [0.15, 0.2) is 0 Å². The van der Waals surface area contributed by atoms with E-state index in [1.54, 1.807) is 0 Å². The fraction of sp³-hybridized carbons (Fsp3) is 0.0909. The predicted molar refractivity (Wildman–Crippen MR) is 101 cm³/mol. The molecular weight excluding hydrogens is 398 g/mol. The third-order valence-corrected chi connectivity index (χ3v) is 4.90. The molecule has 0 aliphatic rings.